The van der Waals surface area contributed by atoms with Crippen LogP contribution in [-0.2, 0) is 4.74 Å². The molecular weight excluding hydrogens is 456 g/mol. The largest absolute Gasteiger partial charge is 0.446 e. The summed E-state index contributed by atoms with van der Waals surface area (Å²) in [6.07, 6.45) is 18.6. The van der Waals surface area contributed by atoms with Gasteiger partial charge in [-0.1, -0.05) is 51.0 Å². The number of rotatable bonds is 8. The highest BCUT2D eigenvalue weighted by Crippen LogP contribution is 2.66. The summed E-state index contributed by atoms with van der Waals surface area (Å²) < 4.78 is 5.84. The number of carbonyl (C=O) groups excluding carboxylic acids is 1. The van der Waals surface area contributed by atoms with Crippen LogP contribution in [0.5, 0.6) is 0 Å². The first-order valence-electron chi connectivity index (χ1n) is 15.5. The second kappa shape index (κ2) is 11.1. The number of nitrogens with one attached hydrogen (secondary N) is 1. The van der Waals surface area contributed by atoms with Gasteiger partial charge in [-0.05, 0) is 125 Å². The summed E-state index contributed by atoms with van der Waals surface area (Å²) in [4.78, 5) is 12.4. The van der Waals surface area contributed by atoms with Gasteiger partial charge < -0.3 is 15.8 Å². The number of nitrogens with two attached hydrogens (primary N) is 1. The van der Waals surface area contributed by atoms with E-state index in [2.05, 4.69) is 52.1 Å². The summed E-state index contributed by atoms with van der Waals surface area (Å²) in [7, 11) is 0. The maximum atomic E-state index is 12.4. The SMILES string of the molecule is C/C=C(/CCCC1CCC2C3CC=C4CC(OC(=O)NCC(C)(C)N)CCC4(C)C3CCC12C)C(C)C. The molecule has 4 aliphatic carbocycles. The molecule has 0 bridgehead atoms. The Balaban J connectivity index is 1.37. The molecule has 3 fully saturated rings. The van der Waals surface area contributed by atoms with Crippen molar-refractivity contribution in [3.05, 3.63) is 23.3 Å². The van der Waals surface area contributed by atoms with Crippen LogP contribution in [0.15, 0.2) is 23.3 Å². The van der Waals surface area contributed by atoms with Crippen molar-refractivity contribution in [2.24, 2.45) is 46.2 Å². The monoisotopic (exact) mass is 512 g/mol. The number of hydrogen-bond acceptors (Lipinski definition) is 3. The molecule has 0 aromatic rings. The van der Waals surface area contributed by atoms with Crippen molar-refractivity contribution in [2.75, 3.05) is 6.54 Å². The quantitative estimate of drug-likeness (QED) is 0.322. The van der Waals surface area contributed by atoms with E-state index >= 15 is 0 Å². The number of ether oxygens (including phenoxy) is 1. The molecule has 7 atom stereocenters. The number of carbonyl (C=O) groups is 1. The molecule has 3 saturated carbocycles. The van der Waals surface area contributed by atoms with Crippen LogP contribution in [0, 0.1) is 40.4 Å². The van der Waals surface area contributed by atoms with E-state index in [1.165, 1.54) is 51.4 Å². The molecule has 210 valence electrons. The lowest BCUT2D eigenvalue weighted by molar-refractivity contribution is -0.0518. The van der Waals surface area contributed by atoms with Crippen LogP contribution in [-0.4, -0.2) is 24.3 Å². The third-order valence-corrected chi connectivity index (χ3v) is 11.3. The fourth-order valence-electron chi connectivity index (χ4n) is 9.12. The van der Waals surface area contributed by atoms with Gasteiger partial charge >= 0.3 is 6.09 Å². The summed E-state index contributed by atoms with van der Waals surface area (Å²) in [5, 5.41) is 2.85. The number of fused-ring (bicyclic) bond motifs is 5. The fraction of sp³-hybridized carbons (Fsp3) is 0.848. The average Bonchev–Trinajstić information content (AvgIpc) is 3.16. The van der Waals surface area contributed by atoms with E-state index in [4.69, 9.17) is 10.5 Å². The van der Waals surface area contributed by atoms with Gasteiger partial charge in [0.15, 0.2) is 0 Å². The second-order valence-electron chi connectivity index (χ2n) is 14.6. The number of alkyl carbamates (subject to hydrolysis) is 1. The second-order valence-corrected chi connectivity index (χ2v) is 14.6. The summed E-state index contributed by atoms with van der Waals surface area (Å²) in [6, 6.07) is 0. The topological polar surface area (TPSA) is 64.3 Å². The van der Waals surface area contributed by atoms with Gasteiger partial charge in [-0.2, -0.15) is 0 Å². The predicted molar refractivity (Wildman–Crippen MR) is 154 cm³/mol. The Kier molecular flexibility index (Phi) is 8.58. The van der Waals surface area contributed by atoms with Crippen LogP contribution in [0.3, 0.4) is 0 Å². The zero-order chi connectivity index (χ0) is 27.0. The van der Waals surface area contributed by atoms with Gasteiger partial charge in [0.2, 0.25) is 0 Å². The van der Waals surface area contributed by atoms with Crippen LogP contribution in [0.4, 0.5) is 4.79 Å². The molecule has 4 aliphatic rings. The molecule has 4 heteroatoms. The van der Waals surface area contributed by atoms with E-state index in [1.807, 2.05) is 13.8 Å². The van der Waals surface area contributed by atoms with E-state index in [9.17, 15) is 4.79 Å². The third kappa shape index (κ3) is 5.99. The number of hydrogen-bond donors (Lipinski definition) is 2. The van der Waals surface area contributed by atoms with Gasteiger partial charge in [-0.3, -0.25) is 0 Å². The zero-order valence-electron chi connectivity index (χ0n) is 25.0. The molecule has 0 spiro atoms. The van der Waals surface area contributed by atoms with Crippen molar-refractivity contribution in [3.8, 4) is 0 Å². The van der Waals surface area contributed by atoms with Crippen molar-refractivity contribution >= 4 is 6.09 Å². The van der Waals surface area contributed by atoms with Crippen LogP contribution in [0.2, 0.25) is 0 Å². The predicted octanol–water partition coefficient (Wildman–Crippen LogP) is 8.17. The first kappa shape index (κ1) is 28.7. The minimum Gasteiger partial charge on any atom is -0.446 e. The van der Waals surface area contributed by atoms with E-state index < -0.39 is 5.54 Å². The maximum absolute atomic E-state index is 12.4. The van der Waals surface area contributed by atoms with Gasteiger partial charge in [-0.25, -0.2) is 4.79 Å². The summed E-state index contributed by atoms with van der Waals surface area (Å²) >= 11 is 0. The number of amides is 1. The van der Waals surface area contributed by atoms with Crippen LogP contribution >= 0.6 is 0 Å². The van der Waals surface area contributed by atoms with E-state index in [0.29, 0.717) is 17.9 Å². The Morgan fingerprint density at radius 2 is 1.95 bits per heavy atom. The van der Waals surface area contributed by atoms with Crippen LogP contribution in [0.25, 0.3) is 0 Å². The van der Waals surface area contributed by atoms with Crippen molar-refractivity contribution < 1.29 is 9.53 Å². The zero-order valence-corrected chi connectivity index (χ0v) is 25.0. The summed E-state index contributed by atoms with van der Waals surface area (Å²) in [5.74, 6) is 4.11. The molecule has 4 rings (SSSR count). The Morgan fingerprint density at radius 1 is 1.19 bits per heavy atom. The molecule has 1 amide bonds. The minimum atomic E-state index is -0.427. The summed E-state index contributed by atoms with van der Waals surface area (Å²) in [5.41, 5.74) is 9.62. The van der Waals surface area contributed by atoms with Crippen molar-refractivity contribution in [1.29, 1.82) is 0 Å². The molecule has 0 aliphatic heterocycles. The molecule has 0 aromatic carbocycles. The van der Waals surface area contributed by atoms with Gasteiger partial charge in [0.25, 0.3) is 0 Å². The minimum absolute atomic E-state index is 0.00520. The molecule has 4 nitrogen and oxygen atoms in total. The Labute approximate surface area is 227 Å². The van der Waals surface area contributed by atoms with Crippen molar-refractivity contribution in [3.63, 3.8) is 0 Å². The third-order valence-electron chi connectivity index (χ3n) is 11.3. The molecular formula is C33H56N2O2. The normalized spacial score (nSPS) is 37.9. The smallest absolute Gasteiger partial charge is 0.407 e. The highest BCUT2D eigenvalue weighted by Gasteiger charge is 2.58. The van der Waals surface area contributed by atoms with Gasteiger partial charge in [0.1, 0.15) is 6.10 Å². The van der Waals surface area contributed by atoms with Crippen molar-refractivity contribution in [1.82, 2.24) is 5.32 Å². The molecule has 0 radical (unpaired) electrons. The van der Waals surface area contributed by atoms with Gasteiger partial charge in [0.05, 0.1) is 0 Å². The molecule has 37 heavy (non-hydrogen) atoms. The van der Waals surface area contributed by atoms with E-state index in [-0.39, 0.29) is 17.6 Å². The highest BCUT2D eigenvalue weighted by atomic mass is 16.6. The molecule has 0 aromatic heterocycles. The molecule has 3 N–H and O–H groups in total. The highest BCUT2D eigenvalue weighted by molar-refractivity contribution is 5.67. The van der Waals surface area contributed by atoms with Crippen molar-refractivity contribution in [2.45, 2.75) is 131 Å². The Hall–Kier alpha value is -1.29. The first-order valence-corrected chi connectivity index (χ1v) is 15.5. The standard InChI is InChI=1S/C33H56N2O2/c1-8-23(22(2)3)10-9-11-24-13-15-28-27-14-12-25-20-26(37-30(36)35-21-31(4,5)34)16-18-33(25,7)29(27)17-19-32(24,28)6/h8,12,22,24,26-29H,9-11,13-21,34H2,1-7H3,(H,35,36)/b23-8-. The summed E-state index contributed by atoms with van der Waals surface area (Å²) in [6.45, 7) is 16.4. The average molecular weight is 513 g/mol. The lowest BCUT2D eigenvalue weighted by Crippen LogP contribution is -2.51. The maximum Gasteiger partial charge on any atom is 0.407 e. The van der Waals surface area contributed by atoms with Gasteiger partial charge in [-0.15, -0.1) is 0 Å². The molecule has 0 heterocycles. The lowest BCUT2D eigenvalue weighted by Gasteiger charge is -2.58. The Morgan fingerprint density at radius 3 is 2.62 bits per heavy atom. The van der Waals surface area contributed by atoms with E-state index in [1.54, 1.807) is 11.1 Å². The van der Waals surface area contributed by atoms with E-state index in [0.717, 1.165) is 42.9 Å². The van der Waals surface area contributed by atoms with Crippen LogP contribution in [0.1, 0.15) is 119 Å². The Bertz CT molecular complexity index is 883. The van der Waals surface area contributed by atoms with Crippen LogP contribution < -0.4 is 11.1 Å². The first-order chi connectivity index (χ1) is 17.4. The molecule has 0 saturated heterocycles. The van der Waals surface area contributed by atoms with Gasteiger partial charge in [0, 0.05) is 18.5 Å². The fourth-order valence-corrected chi connectivity index (χ4v) is 9.12. The molecule has 7 unspecified atom stereocenters. The lowest BCUT2D eigenvalue weighted by atomic mass is 9.47. The number of allylic oxidation sites excluding steroid dienone is 3.